The molecule has 1 aromatic carbocycles. The van der Waals surface area contributed by atoms with Crippen molar-refractivity contribution in [3.63, 3.8) is 0 Å². The second-order valence-corrected chi connectivity index (χ2v) is 9.85. The third kappa shape index (κ3) is 4.43. The zero-order valence-corrected chi connectivity index (χ0v) is 18.0. The molecule has 0 unspecified atom stereocenters. The Bertz CT molecular complexity index is 1120. The van der Waals surface area contributed by atoms with Gasteiger partial charge in [0, 0.05) is 36.4 Å². The number of rotatable bonds is 6. The third-order valence-electron chi connectivity index (χ3n) is 4.99. The van der Waals surface area contributed by atoms with Crippen molar-refractivity contribution < 1.29 is 13.2 Å². The highest BCUT2D eigenvalue weighted by molar-refractivity contribution is 7.89. The normalized spacial score (nSPS) is 15.1. The van der Waals surface area contributed by atoms with Crippen molar-refractivity contribution in [2.24, 2.45) is 0 Å². The Morgan fingerprint density at radius 1 is 1.07 bits per heavy atom. The minimum absolute atomic E-state index is 0.0565. The maximum atomic E-state index is 13.1. The highest BCUT2D eigenvalue weighted by Crippen LogP contribution is 2.24. The highest BCUT2D eigenvalue weighted by atomic mass is 32.2. The number of nitrogens with one attached hydrogen (secondary N) is 1. The van der Waals surface area contributed by atoms with E-state index in [0.29, 0.717) is 13.1 Å². The lowest BCUT2D eigenvalue weighted by molar-refractivity contribution is 0.0947. The molecule has 1 aliphatic heterocycles. The monoisotopic (exact) mass is 442 g/mol. The van der Waals surface area contributed by atoms with Gasteiger partial charge >= 0.3 is 0 Å². The van der Waals surface area contributed by atoms with Crippen molar-refractivity contribution in [3.05, 3.63) is 64.7 Å². The second kappa shape index (κ2) is 9.03. The first-order valence-corrected chi connectivity index (χ1v) is 12.1. The fourth-order valence-corrected chi connectivity index (χ4v) is 5.87. The summed E-state index contributed by atoms with van der Waals surface area (Å²) in [5.41, 5.74) is 1.94. The van der Waals surface area contributed by atoms with Crippen molar-refractivity contribution in [1.82, 2.24) is 19.6 Å². The molecular weight excluding hydrogens is 420 g/mol. The van der Waals surface area contributed by atoms with Gasteiger partial charge in [-0.1, -0.05) is 18.6 Å². The summed E-state index contributed by atoms with van der Waals surface area (Å²) < 4.78 is 27.6. The Morgan fingerprint density at radius 2 is 1.80 bits per heavy atom. The Hall–Kier alpha value is -2.62. The fraction of sp³-hybridized carbons (Fsp3) is 0.286. The average molecular weight is 443 g/mol. The van der Waals surface area contributed by atoms with Crippen LogP contribution in [-0.4, -0.2) is 41.7 Å². The van der Waals surface area contributed by atoms with Gasteiger partial charge in [-0.3, -0.25) is 9.78 Å². The van der Waals surface area contributed by atoms with E-state index >= 15 is 0 Å². The van der Waals surface area contributed by atoms with E-state index in [4.69, 9.17) is 0 Å². The molecule has 1 amide bonds. The van der Waals surface area contributed by atoms with Gasteiger partial charge in [-0.2, -0.15) is 4.31 Å². The molecule has 2 aromatic heterocycles. The molecule has 0 aliphatic carbocycles. The van der Waals surface area contributed by atoms with Crippen LogP contribution in [0.25, 0.3) is 11.3 Å². The fourth-order valence-electron chi connectivity index (χ4n) is 3.42. The Morgan fingerprint density at radius 3 is 2.57 bits per heavy atom. The van der Waals surface area contributed by atoms with E-state index < -0.39 is 15.9 Å². The topological polar surface area (TPSA) is 92.3 Å². The van der Waals surface area contributed by atoms with E-state index in [1.54, 1.807) is 30.6 Å². The zero-order valence-electron chi connectivity index (χ0n) is 16.3. The van der Waals surface area contributed by atoms with E-state index in [0.717, 1.165) is 35.5 Å². The summed E-state index contributed by atoms with van der Waals surface area (Å²) in [5.74, 6) is -0.424. The lowest BCUT2D eigenvalue weighted by Gasteiger charge is -2.26. The molecule has 1 saturated heterocycles. The van der Waals surface area contributed by atoms with Gasteiger partial charge in [-0.25, -0.2) is 13.4 Å². The number of nitrogens with zero attached hydrogens (tertiary/aromatic N) is 3. The predicted octanol–water partition coefficient (Wildman–Crippen LogP) is 3.31. The third-order valence-corrected chi connectivity index (χ3v) is 7.80. The first-order chi connectivity index (χ1) is 14.6. The van der Waals surface area contributed by atoms with Crippen molar-refractivity contribution in [2.45, 2.75) is 30.7 Å². The number of thiazole rings is 1. The number of hydrogen-bond acceptors (Lipinski definition) is 6. The number of piperidine rings is 1. The lowest BCUT2D eigenvalue weighted by atomic mass is 10.2. The smallest absolute Gasteiger partial charge is 0.253 e. The zero-order chi connectivity index (χ0) is 21.0. The molecule has 3 heterocycles. The standard InChI is InChI=1S/C21H22N4O3S2/c26-21(23-14-20-24-18(15-29-20)16-8-10-22-11-9-16)17-6-2-3-7-19(17)30(27,28)25-12-4-1-5-13-25/h2-3,6-11,15H,1,4-5,12-14H2,(H,23,26). The summed E-state index contributed by atoms with van der Waals surface area (Å²) in [6.45, 7) is 1.22. The number of carbonyl (C=O) groups is 1. The number of hydrogen-bond donors (Lipinski definition) is 1. The summed E-state index contributed by atoms with van der Waals surface area (Å²) in [4.78, 5) is 21.4. The summed E-state index contributed by atoms with van der Waals surface area (Å²) in [6.07, 6.45) is 6.13. The molecule has 0 bridgehead atoms. The van der Waals surface area contributed by atoms with Crippen LogP contribution in [0, 0.1) is 0 Å². The van der Waals surface area contributed by atoms with Crippen LogP contribution in [0.15, 0.2) is 59.1 Å². The van der Waals surface area contributed by atoms with Crippen LogP contribution in [0.5, 0.6) is 0 Å². The maximum absolute atomic E-state index is 13.1. The van der Waals surface area contributed by atoms with Gasteiger partial charge in [0.05, 0.1) is 22.7 Å². The largest absolute Gasteiger partial charge is 0.345 e. The number of benzene rings is 1. The molecular formula is C21H22N4O3S2. The van der Waals surface area contributed by atoms with Gasteiger partial charge in [-0.05, 0) is 37.1 Å². The van der Waals surface area contributed by atoms with Gasteiger partial charge in [0.1, 0.15) is 5.01 Å². The van der Waals surface area contributed by atoms with Crippen molar-refractivity contribution >= 4 is 27.3 Å². The molecule has 9 heteroatoms. The van der Waals surface area contributed by atoms with Crippen LogP contribution in [0.3, 0.4) is 0 Å². The van der Waals surface area contributed by atoms with Crippen molar-refractivity contribution in [3.8, 4) is 11.3 Å². The molecule has 7 nitrogen and oxygen atoms in total. The van der Waals surface area contributed by atoms with Crippen LogP contribution in [0.1, 0.15) is 34.6 Å². The molecule has 3 aromatic rings. The number of pyridine rings is 1. The van der Waals surface area contributed by atoms with Gasteiger partial charge in [0.2, 0.25) is 10.0 Å². The number of amides is 1. The number of sulfonamides is 1. The Kier molecular flexibility index (Phi) is 6.21. The minimum atomic E-state index is -3.70. The van der Waals surface area contributed by atoms with E-state index in [1.807, 2.05) is 17.5 Å². The van der Waals surface area contributed by atoms with Crippen molar-refractivity contribution in [2.75, 3.05) is 13.1 Å². The molecule has 4 rings (SSSR count). The minimum Gasteiger partial charge on any atom is -0.345 e. The second-order valence-electron chi connectivity index (χ2n) is 7.01. The average Bonchev–Trinajstić information content (AvgIpc) is 3.28. The molecule has 1 fully saturated rings. The van der Waals surface area contributed by atoms with Gasteiger partial charge in [-0.15, -0.1) is 11.3 Å². The summed E-state index contributed by atoms with van der Waals surface area (Å²) in [6, 6.07) is 10.1. The Labute approximate surface area is 179 Å². The summed E-state index contributed by atoms with van der Waals surface area (Å²) >= 11 is 1.44. The molecule has 156 valence electrons. The Balaban J connectivity index is 1.49. The van der Waals surface area contributed by atoms with Crippen LogP contribution in [-0.2, 0) is 16.6 Å². The van der Waals surface area contributed by atoms with Gasteiger partial charge in [0.15, 0.2) is 0 Å². The first-order valence-electron chi connectivity index (χ1n) is 9.78. The predicted molar refractivity (Wildman–Crippen MR) is 116 cm³/mol. The quantitative estimate of drug-likeness (QED) is 0.632. The van der Waals surface area contributed by atoms with Crippen LogP contribution in [0.4, 0.5) is 0 Å². The number of carbonyl (C=O) groups excluding carboxylic acids is 1. The van der Waals surface area contributed by atoms with Crippen LogP contribution < -0.4 is 5.32 Å². The van der Waals surface area contributed by atoms with Crippen LogP contribution >= 0.6 is 11.3 Å². The molecule has 1 N–H and O–H groups in total. The lowest BCUT2D eigenvalue weighted by Crippen LogP contribution is -2.37. The SMILES string of the molecule is O=C(NCc1nc(-c2ccncc2)cs1)c1ccccc1S(=O)(=O)N1CCCCC1. The van der Waals surface area contributed by atoms with Crippen molar-refractivity contribution in [1.29, 1.82) is 0 Å². The van der Waals surface area contributed by atoms with E-state index in [9.17, 15) is 13.2 Å². The molecule has 0 spiro atoms. The molecule has 0 atom stereocenters. The highest BCUT2D eigenvalue weighted by Gasteiger charge is 2.29. The molecule has 0 saturated carbocycles. The van der Waals surface area contributed by atoms with Crippen LogP contribution in [0.2, 0.25) is 0 Å². The van der Waals surface area contributed by atoms with E-state index in [1.165, 1.54) is 21.7 Å². The first kappa shape index (κ1) is 20.6. The maximum Gasteiger partial charge on any atom is 0.253 e. The number of aromatic nitrogens is 2. The molecule has 0 radical (unpaired) electrons. The van der Waals surface area contributed by atoms with E-state index in [-0.39, 0.29) is 17.0 Å². The summed E-state index contributed by atoms with van der Waals surface area (Å²) in [7, 11) is -3.70. The van der Waals surface area contributed by atoms with E-state index in [2.05, 4.69) is 15.3 Å². The van der Waals surface area contributed by atoms with Gasteiger partial charge < -0.3 is 5.32 Å². The molecule has 1 aliphatic rings. The van der Waals surface area contributed by atoms with Gasteiger partial charge in [0.25, 0.3) is 5.91 Å². The molecule has 30 heavy (non-hydrogen) atoms. The summed E-state index contributed by atoms with van der Waals surface area (Å²) in [5, 5.41) is 5.47.